The van der Waals surface area contributed by atoms with Gasteiger partial charge in [0.2, 0.25) is 4.07 Å². The molecule has 0 saturated carbocycles. The highest BCUT2D eigenvalue weighted by Gasteiger charge is 2.51. The average Bonchev–Trinajstić information content (AvgIpc) is 2.01. The summed E-state index contributed by atoms with van der Waals surface area (Å²) in [6.07, 6.45) is -0.0316. The number of halogens is 1. The van der Waals surface area contributed by atoms with Gasteiger partial charge in [0.15, 0.2) is 0 Å². The maximum absolute atomic E-state index is 11.2. The van der Waals surface area contributed by atoms with E-state index in [4.69, 9.17) is 9.79 Å². The molecule has 1 atom stereocenters. The van der Waals surface area contributed by atoms with Crippen molar-refractivity contribution in [2.75, 3.05) is 6.61 Å². The van der Waals surface area contributed by atoms with Crippen LogP contribution in [-0.2, 0) is 14.1 Å². The van der Waals surface area contributed by atoms with Gasteiger partial charge in [0.1, 0.15) is 0 Å². The van der Waals surface area contributed by atoms with Crippen molar-refractivity contribution in [3.05, 3.63) is 0 Å². The Morgan fingerprint density at radius 3 is 2.23 bits per heavy atom. The summed E-state index contributed by atoms with van der Waals surface area (Å²) in [4.78, 5) is 29.0. The fourth-order valence-electron chi connectivity index (χ4n) is 0.711. The van der Waals surface area contributed by atoms with E-state index in [1.807, 2.05) is 0 Å². The van der Waals surface area contributed by atoms with Gasteiger partial charge in [-0.15, -0.1) is 0 Å². The predicted molar refractivity (Wildman–Crippen MR) is 50.6 cm³/mol. The van der Waals surface area contributed by atoms with E-state index in [-0.39, 0.29) is 13.0 Å². The summed E-state index contributed by atoms with van der Waals surface area (Å²) >= 11 is 2.73. The number of esters is 1. The van der Waals surface area contributed by atoms with E-state index in [9.17, 15) is 9.36 Å². The number of hydrogen-bond acceptors (Lipinski definition) is 3. The summed E-state index contributed by atoms with van der Waals surface area (Å²) in [5.74, 6) is -0.925. The van der Waals surface area contributed by atoms with E-state index in [2.05, 4.69) is 20.7 Å². The number of hydrogen-bond donors (Lipinski definition) is 2. The summed E-state index contributed by atoms with van der Waals surface area (Å²) in [6.45, 7) is 3.15. The van der Waals surface area contributed by atoms with Crippen molar-refractivity contribution in [3.8, 4) is 0 Å². The maximum Gasteiger partial charge on any atom is 0.353 e. The van der Waals surface area contributed by atoms with Crippen molar-refractivity contribution in [2.24, 2.45) is 0 Å². The summed E-state index contributed by atoms with van der Waals surface area (Å²) in [5, 5.41) is 0. The van der Waals surface area contributed by atoms with E-state index in [0.29, 0.717) is 0 Å². The number of carbonyl (C=O) groups is 1. The SMILES string of the molecule is CCOC(=O)C(Br)(CC)P(=O)(O)O. The Hall–Kier alpha value is 0.1000. The Balaban J connectivity index is 4.85. The van der Waals surface area contributed by atoms with Crippen LogP contribution in [0.1, 0.15) is 20.3 Å². The van der Waals surface area contributed by atoms with Crippen molar-refractivity contribution < 1.29 is 23.9 Å². The minimum Gasteiger partial charge on any atom is -0.464 e. The minimum absolute atomic E-state index is 0.0316. The average molecular weight is 275 g/mol. The molecule has 0 aliphatic rings. The molecule has 0 amide bonds. The monoisotopic (exact) mass is 274 g/mol. The molecule has 0 saturated heterocycles. The Bertz CT molecular complexity index is 237. The maximum atomic E-state index is 11.2. The summed E-state index contributed by atoms with van der Waals surface area (Å²) in [5.41, 5.74) is 0. The van der Waals surface area contributed by atoms with Gasteiger partial charge in [-0.3, -0.25) is 4.57 Å². The molecule has 1 unspecified atom stereocenters. The molecular weight excluding hydrogens is 263 g/mol. The minimum atomic E-state index is -4.53. The lowest BCUT2D eigenvalue weighted by molar-refractivity contribution is -0.143. The molecule has 0 heterocycles. The van der Waals surface area contributed by atoms with Crippen LogP contribution >= 0.6 is 23.5 Å². The summed E-state index contributed by atoms with van der Waals surface area (Å²) < 4.78 is 13.6. The van der Waals surface area contributed by atoms with Crippen LogP contribution in [-0.4, -0.2) is 26.4 Å². The molecule has 0 aliphatic heterocycles. The topological polar surface area (TPSA) is 83.8 Å². The molecule has 0 aromatic heterocycles. The van der Waals surface area contributed by atoms with Crippen LogP contribution < -0.4 is 0 Å². The Kier molecular flexibility index (Phi) is 4.59. The lowest BCUT2D eigenvalue weighted by Gasteiger charge is -2.24. The van der Waals surface area contributed by atoms with Crippen molar-refractivity contribution in [3.63, 3.8) is 0 Å². The molecule has 13 heavy (non-hydrogen) atoms. The van der Waals surface area contributed by atoms with Crippen LogP contribution in [0, 0.1) is 0 Å². The molecule has 0 fully saturated rings. The van der Waals surface area contributed by atoms with Gasteiger partial charge in [0.25, 0.3) is 0 Å². The van der Waals surface area contributed by atoms with Gasteiger partial charge in [0.05, 0.1) is 6.61 Å². The first-order valence-electron chi connectivity index (χ1n) is 3.71. The van der Waals surface area contributed by atoms with Gasteiger partial charge in [-0.2, -0.15) is 0 Å². The van der Waals surface area contributed by atoms with Gasteiger partial charge in [-0.1, -0.05) is 22.9 Å². The molecule has 0 aliphatic carbocycles. The fourth-order valence-corrected chi connectivity index (χ4v) is 1.54. The summed E-state index contributed by atoms with van der Waals surface area (Å²) in [7, 11) is -4.53. The van der Waals surface area contributed by atoms with Gasteiger partial charge >= 0.3 is 13.6 Å². The standard InChI is InChI=1S/C6H12BrO5P/c1-3-6(7,13(9,10)11)5(8)12-4-2/h3-4H2,1-2H3,(H2,9,10,11). The second kappa shape index (κ2) is 4.55. The first kappa shape index (κ1) is 13.1. The number of alkyl halides is 1. The van der Waals surface area contributed by atoms with Crippen molar-refractivity contribution in [1.29, 1.82) is 0 Å². The van der Waals surface area contributed by atoms with Crippen molar-refractivity contribution in [2.45, 2.75) is 24.3 Å². The molecule has 0 aromatic rings. The molecule has 5 nitrogen and oxygen atoms in total. The Morgan fingerprint density at radius 2 is 2.00 bits per heavy atom. The molecular formula is C6H12BrO5P. The zero-order chi connectivity index (χ0) is 10.7. The van der Waals surface area contributed by atoms with Crippen LogP contribution in [0.15, 0.2) is 0 Å². The number of carbonyl (C=O) groups excluding carboxylic acids is 1. The highest BCUT2D eigenvalue weighted by Crippen LogP contribution is 2.57. The largest absolute Gasteiger partial charge is 0.464 e. The third-order valence-electron chi connectivity index (χ3n) is 1.52. The molecule has 0 aromatic carbocycles. The molecule has 0 spiro atoms. The van der Waals surface area contributed by atoms with Crippen LogP contribution in [0.2, 0.25) is 0 Å². The Morgan fingerprint density at radius 1 is 1.54 bits per heavy atom. The van der Waals surface area contributed by atoms with E-state index in [1.54, 1.807) is 6.92 Å². The third kappa shape index (κ3) is 2.77. The fraction of sp³-hybridized carbons (Fsp3) is 0.833. The van der Waals surface area contributed by atoms with E-state index < -0.39 is 17.6 Å². The molecule has 0 radical (unpaired) electrons. The summed E-state index contributed by atoms with van der Waals surface area (Å²) in [6, 6.07) is 0. The van der Waals surface area contributed by atoms with E-state index in [0.717, 1.165) is 0 Å². The van der Waals surface area contributed by atoms with Gasteiger partial charge in [-0.05, 0) is 13.3 Å². The zero-order valence-corrected chi connectivity index (χ0v) is 9.84. The molecule has 0 rings (SSSR count). The second-order valence-electron chi connectivity index (χ2n) is 2.38. The van der Waals surface area contributed by atoms with Crippen molar-refractivity contribution >= 4 is 29.5 Å². The number of ether oxygens (including phenoxy) is 1. The Labute approximate surface area is 84.8 Å². The molecule has 2 N–H and O–H groups in total. The molecule has 7 heteroatoms. The van der Waals surface area contributed by atoms with Crippen LogP contribution in [0.5, 0.6) is 0 Å². The van der Waals surface area contributed by atoms with Crippen LogP contribution in [0.4, 0.5) is 0 Å². The normalized spacial score (nSPS) is 16.4. The van der Waals surface area contributed by atoms with Crippen molar-refractivity contribution in [1.82, 2.24) is 0 Å². The van der Waals surface area contributed by atoms with Gasteiger partial charge < -0.3 is 14.5 Å². The smallest absolute Gasteiger partial charge is 0.353 e. The van der Waals surface area contributed by atoms with Gasteiger partial charge in [-0.25, -0.2) is 4.79 Å². The molecule has 78 valence electrons. The third-order valence-corrected chi connectivity index (χ3v) is 5.21. The number of rotatable bonds is 4. The molecule has 0 bridgehead atoms. The highest BCUT2D eigenvalue weighted by molar-refractivity contribution is 9.11. The lowest BCUT2D eigenvalue weighted by atomic mass is 10.3. The first-order valence-corrected chi connectivity index (χ1v) is 6.12. The second-order valence-corrected chi connectivity index (χ2v) is 6.20. The lowest BCUT2D eigenvalue weighted by Crippen LogP contribution is -2.33. The van der Waals surface area contributed by atoms with E-state index in [1.165, 1.54) is 6.92 Å². The highest BCUT2D eigenvalue weighted by atomic mass is 79.9. The van der Waals surface area contributed by atoms with Crippen LogP contribution in [0.25, 0.3) is 0 Å². The first-order chi connectivity index (χ1) is 5.79. The quantitative estimate of drug-likeness (QED) is 0.458. The zero-order valence-electron chi connectivity index (χ0n) is 7.36. The van der Waals surface area contributed by atoms with E-state index >= 15 is 0 Å². The van der Waals surface area contributed by atoms with Gasteiger partial charge in [0, 0.05) is 0 Å². The predicted octanol–water partition coefficient (Wildman–Crippen LogP) is 1.23. The van der Waals surface area contributed by atoms with Crippen LogP contribution in [0.3, 0.4) is 0 Å².